The Balaban J connectivity index is 1.46. The Morgan fingerprint density at radius 1 is 0.938 bits per heavy atom. The fourth-order valence-electron chi connectivity index (χ4n) is 4.47. The van der Waals surface area contributed by atoms with Gasteiger partial charge in [0.05, 0.1) is 16.5 Å². The van der Waals surface area contributed by atoms with Gasteiger partial charge in [-0.2, -0.15) is 9.57 Å². The summed E-state index contributed by atoms with van der Waals surface area (Å²) in [6.07, 6.45) is 2.05. The Kier molecular flexibility index (Phi) is 6.49. The number of anilines is 1. The summed E-state index contributed by atoms with van der Waals surface area (Å²) in [4.78, 5) is 17.7. The van der Waals surface area contributed by atoms with Gasteiger partial charge in [0.15, 0.2) is 0 Å². The number of carbonyl (C=O) groups excluding carboxylic acids is 1. The van der Waals surface area contributed by atoms with Crippen molar-refractivity contribution < 1.29 is 13.2 Å². The standard InChI is InChI=1S/C24H28N4O3S/c1-19-5-11-22(12-6-19)32(30,31)28-15-2-4-23(28)24(29)27-14-3-13-26(16-17-27)21-9-7-20(18-25)8-10-21/h5-12,23H,2-4,13-17H2,1H3/t23-/m0/s1. The van der Waals surface area contributed by atoms with Crippen LogP contribution in [0.4, 0.5) is 5.69 Å². The van der Waals surface area contributed by atoms with Gasteiger partial charge in [-0.1, -0.05) is 17.7 Å². The zero-order valence-corrected chi connectivity index (χ0v) is 19.1. The molecular formula is C24H28N4O3S. The van der Waals surface area contributed by atoms with Gasteiger partial charge >= 0.3 is 0 Å². The van der Waals surface area contributed by atoms with E-state index in [2.05, 4.69) is 11.0 Å². The Morgan fingerprint density at radius 2 is 1.66 bits per heavy atom. The molecule has 0 radical (unpaired) electrons. The molecule has 0 N–H and O–H groups in total. The van der Waals surface area contributed by atoms with Crippen LogP contribution in [0.3, 0.4) is 0 Å². The van der Waals surface area contributed by atoms with E-state index in [1.54, 1.807) is 36.4 Å². The van der Waals surface area contributed by atoms with Crippen molar-refractivity contribution in [3.63, 3.8) is 0 Å². The number of sulfonamides is 1. The van der Waals surface area contributed by atoms with Crippen molar-refractivity contribution in [2.45, 2.75) is 37.1 Å². The van der Waals surface area contributed by atoms with Crippen molar-refractivity contribution in [2.75, 3.05) is 37.6 Å². The van der Waals surface area contributed by atoms with E-state index in [1.807, 2.05) is 24.0 Å². The average molecular weight is 453 g/mol. The summed E-state index contributed by atoms with van der Waals surface area (Å²) in [6, 6.07) is 15.8. The third-order valence-electron chi connectivity index (χ3n) is 6.29. The summed E-state index contributed by atoms with van der Waals surface area (Å²) >= 11 is 0. The summed E-state index contributed by atoms with van der Waals surface area (Å²) < 4.78 is 27.8. The molecule has 168 valence electrons. The predicted octanol–water partition coefficient (Wildman–Crippen LogP) is 2.76. The molecule has 2 saturated heterocycles. The molecule has 2 aliphatic rings. The van der Waals surface area contributed by atoms with Crippen molar-refractivity contribution in [3.05, 3.63) is 59.7 Å². The average Bonchev–Trinajstić information content (AvgIpc) is 3.18. The lowest BCUT2D eigenvalue weighted by molar-refractivity contribution is -0.134. The number of hydrogen-bond donors (Lipinski definition) is 0. The van der Waals surface area contributed by atoms with Gasteiger partial charge in [0.2, 0.25) is 15.9 Å². The van der Waals surface area contributed by atoms with E-state index < -0.39 is 16.1 Å². The molecule has 2 aliphatic heterocycles. The van der Waals surface area contributed by atoms with Gasteiger partial charge in [-0.25, -0.2) is 8.42 Å². The fraction of sp³-hybridized carbons (Fsp3) is 0.417. The first-order chi connectivity index (χ1) is 15.4. The molecule has 2 aromatic rings. The van der Waals surface area contributed by atoms with Gasteiger partial charge in [-0.3, -0.25) is 4.79 Å². The topological polar surface area (TPSA) is 84.7 Å². The summed E-state index contributed by atoms with van der Waals surface area (Å²) in [5.41, 5.74) is 2.65. The van der Waals surface area contributed by atoms with E-state index in [1.165, 1.54) is 4.31 Å². The van der Waals surface area contributed by atoms with Crippen LogP contribution in [0, 0.1) is 18.3 Å². The molecule has 2 heterocycles. The van der Waals surface area contributed by atoms with Crippen LogP contribution in [0.25, 0.3) is 0 Å². The molecule has 0 unspecified atom stereocenters. The minimum absolute atomic E-state index is 0.0973. The molecule has 7 nitrogen and oxygen atoms in total. The molecule has 1 atom stereocenters. The zero-order chi connectivity index (χ0) is 22.7. The van der Waals surface area contributed by atoms with Gasteiger partial charge in [-0.05, 0) is 62.6 Å². The normalized spacial score (nSPS) is 20.1. The molecule has 2 fully saturated rings. The van der Waals surface area contributed by atoms with Crippen LogP contribution in [0.5, 0.6) is 0 Å². The second kappa shape index (κ2) is 9.31. The molecule has 0 saturated carbocycles. The highest BCUT2D eigenvalue weighted by molar-refractivity contribution is 7.89. The first-order valence-corrected chi connectivity index (χ1v) is 12.5. The van der Waals surface area contributed by atoms with Crippen molar-refractivity contribution in [1.82, 2.24) is 9.21 Å². The van der Waals surface area contributed by atoms with E-state index in [4.69, 9.17) is 5.26 Å². The molecular weight excluding hydrogens is 424 g/mol. The Morgan fingerprint density at radius 3 is 2.34 bits per heavy atom. The number of aryl methyl sites for hydroxylation is 1. The van der Waals surface area contributed by atoms with Gasteiger partial charge in [0.25, 0.3) is 0 Å². The minimum atomic E-state index is -3.71. The predicted molar refractivity (Wildman–Crippen MR) is 123 cm³/mol. The SMILES string of the molecule is Cc1ccc(S(=O)(=O)N2CCC[C@H]2C(=O)N2CCCN(c3ccc(C#N)cc3)CC2)cc1. The second-order valence-corrected chi connectivity index (χ2v) is 10.3. The number of hydrogen-bond acceptors (Lipinski definition) is 5. The van der Waals surface area contributed by atoms with Crippen molar-refractivity contribution in [2.24, 2.45) is 0 Å². The van der Waals surface area contributed by atoms with Gasteiger partial charge < -0.3 is 9.80 Å². The molecule has 8 heteroatoms. The number of amides is 1. The molecule has 1 amide bonds. The number of rotatable bonds is 4. The smallest absolute Gasteiger partial charge is 0.243 e. The van der Waals surface area contributed by atoms with Crippen LogP contribution in [-0.4, -0.2) is 62.3 Å². The largest absolute Gasteiger partial charge is 0.370 e. The van der Waals surface area contributed by atoms with Gasteiger partial charge in [-0.15, -0.1) is 0 Å². The molecule has 2 aromatic carbocycles. The summed E-state index contributed by atoms with van der Waals surface area (Å²) in [5.74, 6) is -0.0973. The zero-order valence-electron chi connectivity index (χ0n) is 18.3. The van der Waals surface area contributed by atoms with E-state index in [-0.39, 0.29) is 10.8 Å². The summed E-state index contributed by atoms with van der Waals surface area (Å²) in [7, 11) is -3.71. The highest BCUT2D eigenvalue weighted by Crippen LogP contribution is 2.28. The van der Waals surface area contributed by atoms with Crippen molar-refractivity contribution >= 4 is 21.6 Å². The molecule has 0 bridgehead atoms. The van der Waals surface area contributed by atoms with Crippen LogP contribution in [0.1, 0.15) is 30.4 Å². The minimum Gasteiger partial charge on any atom is -0.370 e. The second-order valence-electron chi connectivity index (χ2n) is 8.41. The maximum absolute atomic E-state index is 13.4. The third kappa shape index (κ3) is 4.50. The van der Waals surface area contributed by atoms with Crippen LogP contribution in [0.15, 0.2) is 53.4 Å². The summed E-state index contributed by atoms with van der Waals surface area (Å²) in [6.45, 7) is 4.94. The summed E-state index contributed by atoms with van der Waals surface area (Å²) in [5, 5.41) is 8.99. The molecule has 32 heavy (non-hydrogen) atoms. The number of nitriles is 1. The Bertz CT molecular complexity index is 1110. The highest BCUT2D eigenvalue weighted by Gasteiger charge is 2.41. The van der Waals surface area contributed by atoms with E-state index >= 15 is 0 Å². The number of nitrogens with zero attached hydrogens (tertiary/aromatic N) is 4. The van der Waals surface area contributed by atoms with Crippen molar-refractivity contribution in [1.29, 1.82) is 5.26 Å². The maximum atomic E-state index is 13.4. The Labute approximate surface area is 189 Å². The van der Waals surface area contributed by atoms with E-state index in [9.17, 15) is 13.2 Å². The maximum Gasteiger partial charge on any atom is 0.243 e. The van der Waals surface area contributed by atoms with Gasteiger partial charge in [0, 0.05) is 38.4 Å². The van der Waals surface area contributed by atoms with Gasteiger partial charge in [0.1, 0.15) is 6.04 Å². The van der Waals surface area contributed by atoms with Crippen LogP contribution in [-0.2, 0) is 14.8 Å². The van der Waals surface area contributed by atoms with Crippen molar-refractivity contribution in [3.8, 4) is 6.07 Å². The lowest BCUT2D eigenvalue weighted by Crippen LogP contribution is -2.48. The fourth-order valence-corrected chi connectivity index (χ4v) is 6.12. The lowest BCUT2D eigenvalue weighted by Gasteiger charge is -2.29. The van der Waals surface area contributed by atoms with E-state index in [0.29, 0.717) is 44.6 Å². The van der Waals surface area contributed by atoms with Crippen LogP contribution >= 0.6 is 0 Å². The molecule has 0 aliphatic carbocycles. The molecule has 4 rings (SSSR count). The van der Waals surface area contributed by atoms with E-state index in [0.717, 1.165) is 24.2 Å². The number of benzene rings is 2. The molecule has 0 spiro atoms. The number of carbonyl (C=O) groups is 1. The van der Waals surface area contributed by atoms with Crippen LogP contribution in [0.2, 0.25) is 0 Å². The third-order valence-corrected chi connectivity index (χ3v) is 8.21. The monoisotopic (exact) mass is 452 g/mol. The quantitative estimate of drug-likeness (QED) is 0.712. The molecule has 0 aromatic heterocycles. The lowest BCUT2D eigenvalue weighted by atomic mass is 10.2. The first-order valence-electron chi connectivity index (χ1n) is 11.0. The Hall–Kier alpha value is -2.89. The first kappa shape index (κ1) is 22.3. The van der Waals surface area contributed by atoms with Crippen LogP contribution < -0.4 is 4.90 Å². The highest BCUT2D eigenvalue weighted by atomic mass is 32.2.